The Morgan fingerprint density at radius 1 is 1.06 bits per heavy atom. The van der Waals surface area contributed by atoms with Crippen LogP contribution in [-0.4, -0.2) is 32.1 Å². The van der Waals surface area contributed by atoms with Crippen LogP contribution in [0.4, 0.5) is 0 Å². The lowest BCUT2D eigenvalue weighted by Gasteiger charge is -2.34. The van der Waals surface area contributed by atoms with Gasteiger partial charge in [-0.25, -0.2) is 0 Å². The second-order valence-corrected chi connectivity index (χ2v) is 8.91. The van der Waals surface area contributed by atoms with E-state index in [1.54, 1.807) is 0 Å². The summed E-state index contributed by atoms with van der Waals surface area (Å²) < 4.78 is 10.5. The van der Waals surface area contributed by atoms with Crippen molar-refractivity contribution in [2.75, 3.05) is 20.3 Å². The predicted molar refractivity (Wildman–Crippen MR) is 121 cm³/mol. The van der Waals surface area contributed by atoms with Crippen LogP contribution in [0.2, 0.25) is 0 Å². The molecule has 2 aromatic rings. The number of hydrogen-bond donors (Lipinski definition) is 1. The molecule has 2 fully saturated rings. The second kappa shape index (κ2) is 10.2. The van der Waals surface area contributed by atoms with E-state index in [1.165, 1.54) is 50.2 Å². The van der Waals surface area contributed by atoms with Gasteiger partial charge in [0.15, 0.2) is 0 Å². The lowest BCUT2D eigenvalue weighted by Crippen LogP contribution is -2.29. The number of amides is 1. The minimum absolute atomic E-state index is 0.0953. The number of ether oxygens (including phenoxy) is 2. The van der Waals surface area contributed by atoms with Gasteiger partial charge < -0.3 is 14.8 Å². The molecule has 0 bridgehead atoms. The van der Waals surface area contributed by atoms with Gasteiger partial charge in [-0.3, -0.25) is 9.59 Å². The van der Waals surface area contributed by atoms with Gasteiger partial charge in [-0.05, 0) is 66.0 Å². The summed E-state index contributed by atoms with van der Waals surface area (Å²) in [6, 6.07) is 12.8. The number of fused-ring (bicyclic) bond motifs is 1. The molecule has 0 radical (unpaired) electrons. The minimum Gasteiger partial charge on any atom is -0.494 e. The Bertz CT molecular complexity index is 919. The van der Waals surface area contributed by atoms with Crippen LogP contribution in [-0.2, 0) is 14.3 Å². The monoisotopic (exact) mass is 423 g/mol. The largest absolute Gasteiger partial charge is 0.494 e. The second-order valence-electron chi connectivity index (χ2n) is 8.91. The number of rotatable bonds is 8. The van der Waals surface area contributed by atoms with Crippen molar-refractivity contribution in [2.45, 2.75) is 57.3 Å². The fourth-order valence-electron chi connectivity index (χ4n) is 5.33. The molecule has 1 amide bonds. The summed E-state index contributed by atoms with van der Waals surface area (Å²) >= 11 is 0. The first-order valence-corrected chi connectivity index (χ1v) is 11.7. The zero-order valence-corrected chi connectivity index (χ0v) is 18.4. The number of carbonyl (C=O) groups is 2. The van der Waals surface area contributed by atoms with Crippen molar-refractivity contribution in [2.24, 2.45) is 11.8 Å². The lowest BCUT2D eigenvalue weighted by molar-refractivity contribution is -0.140. The van der Waals surface area contributed by atoms with Gasteiger partial charge in [0.1, 0.15) is 5.75 Å². The van der Waals surface area contributed by atoms with Crippen molar-refractivity contribution in [3.05, 3.63) is 42.0 Å². The van der Waals surface area contributed by atoms with Crippen molar-refractivity contribution in [1.29, 1.82) is 0 Å². The third kappa shape index (κ3) is 5.20. The molecule has 1 N–H and O–H groups in total. The molecule has 0 spiro atoms. The van der Waals surface area contributed by atoms with Crippen LogP contribution in [0.5, 0.6) is 5.75 Å². The van der Waals surface area contributed by atoms with E-state index >= 15 is 0 Å². The van der Waals surface area contributed by atoms with Crippen LogP contribution in [0.15, 0.2) is 36.4 Å². The molecule has 166 valence electrons. The van der Waals surface area contributed by atoms with E-state index in [9.17, 15) is 9.59 Å². The topological polar surface area (TPSA) is 64.6 Å². The normalized spacial score (nSPS) is 20.4. The van der Waals surface area contributed by atoms with Crippen molar-refractivity contribution < 1.29 is 19.1 Å². The van der Waals surface area contributed by atoms with E-state index in [2.05, 4.69) is 40.4 Å². The number of hydrogen-bond acceptors (Lipinski definition) is 4. The summed E-state index contributed by atoms with van der Waals surface area (Å²) in [7, 11) is 1.40. The lowest BCUT2D eigenvalue weighted by atomic mass is 9.70. The molecule has 31 heavy (non-hydrogen) atoms. The Kier molecular flexibility index (Phi) is 7.10. The van der Waals surface area contributed by atoms with Gasteiger partial charge >= 0.3 is 5.97 Å². The van der Waals surface area contributed by atoms with Gasteiger partial charge in [-0.1, -0.05) is 43.5 Å². The molecule has 2 atom stereocenters. The van der Waals surface area contributed by atoms with Gasteiger partial charge in [0, 0.05) is 18.9 Å². The van der Waals surface area contributed by atoms with Gasteiger partial charge in [0.2, 0.25) is 5.91 Å². The predicted octanol–water partition coefficient (Wildman–Crippen LogP) is 4.97. The molecule has 0 aromatic heterocycles. The Morgan fingerprint density at radius 2 is 1.84 bits per heavy atom. The zero-order chi connectivity index (χ0) is 21.6. The molecule has 5 nitrogen and oxygen atoms in total. The van der Waals surface area contributed by atoms with Crippen LogP contribution >= 0.6 is 0 Å². The molecule has 1 saturated heterocycles. The van der Waals surface area contributed by atoms with E-state index in [0.717, 1.165) is 24.1 Å². The fourth-order valence-corrected chi connectivity index (χ4v) is 5.33. The average molecular weight is 424 g/mol. The molecule has 4 rings (SSSR count). The summed E-state index contributed by atoms with van der Waals surface area (Å²) in [5.41, 5.74) is 1.30. The first kappa shape index (κ1) is 21.7. The molecule has 1 aliphatic carbocycles. The quantitative estimate of drug-likeness (QED) is 0.481. The Hall–Kier alpha value is -2.56. The fraction of sp³-hybridized carbons (Fsp3) is 0.538. The van der Waals surface area contributed by atoms with Crippen molar-refractivity contribution in [3.8, 4) is 5.75 Å². The van der Waals surface area contributed by atoms with Crippen molar-refractivity contribution in [1.82, 2.24) is 5.32 Å². The van der Waals surface area contributed by atoms with Crippen molar-refractivity contribution >= 4 is 22.6 Å². The van der Waals surface area contributed by atoms with E-state index in [0.29, 0.717) is 31.3 Å². The Labute approximate surface area is 184 Å². The molecular formula is C26H33NO4. The smallest absolute Gasteiger partial charge is 0.305 e. The highest BCUT2D eigenvalue weighted by Gasteiger charge is 2.38. The summed E-state index contributed by atoms with van der Waals surface area (Å²) in [5, 5.41) is 5.37. The summed E-state index contributed by atoms with van der Waals surface area (Å²) in [6.07, 6.45) is 8.27. The first-order valence-electron chi connectivity index (χ1n) is 11.7. The van der Waals surface area contributed by atoms with Gasteiger partial charge in [-0.15, -0.1) is 0 Å². The summed E-state index contributed by atoms with van der Waals surface area (Å²) in [5.74, 6) is 1.82. The van der Waals surface area contributed by atoms with Crippen LogP contribution in [0.25, 0.3) is 10.8 Å². The average Bonchev–Trinajstić information content (AvgIpc) is 3.22. The zero-order valence-electron chi connectivity index (χ0n) is 18.4. The maximum atomic E-state index is 12.6. The van der Waals surface area contributed by atoms with E-state index in [4.69, 9.17) is 4.74 Å². The molecule has 1 saturated carbocycles. The van der Waals surface area contributed by atoms with E-state index in [1.807, 2.05) is 6.07 Å². The van der Waals surface area contributed by atoms with Crippen LogP contribution in [0, 0.1) is 11.8 Å². The van der Waals surface area contributed by atoms with Crippen LogP contribution in [0.1, 0.15) is 62.8 Å². The van der Waals surface area contributed by atoms with Gasteiger partial charge in [0.05, 0.1) is 13.7 Å². The highest BCUT2D eigenvalue weighted by atomic mass is 16.5. The number of nitrogens with one attached hydrogen (secondary N) is 1. The number of carbonyl (C=O) groups excluding carboxylic acids is 2. The number of methoxy groups -OCH3 is 1. The molecule has 1 heterocycles. The summed E-state index contributed by atoms with van der Waals surface area (Å²) in [4.78, 5) is 23.8. The van der Waals surface area contributed by atoms with Crippen molar-refractivity contribution in [3.63, 3.8) is 0 Å². The maximum Gasteiger partial charge on any atom is 0.305 e. The molecule has 2 aromatic carbocycles. The molecule has 5 heteroatoms. The standard InChI is InChI=1S/C26H33NO4/c1-30-24(28)8-5-15-31-22-12-11-19-16-21(10-9-20(19)17-22)25(18-6-3-2-4-7-18)23-13-14-27-26(23)29/h9-12,16-18,23,25H,2-8,13-15H2,1H3,(H,27,29). The maximum absolute atomic E-state index is 12.6. The highest BCUT2D eigenvalue weighted by molar-refractivity contribution is 5.86. The minimum atomic E-state index is -0.210. The SMILES string of the molecule is COC(=O)CCCOc1ccc2cc(C(C3CCCCC3)C3CCNC3=O)ccc2c1. The molecule has 2 aliphatic rings. The number of esters is 1. The third-order valence-corrected chi connectivity index (χ3v) is 6.92. The van der Waals surface area contributed by atoms with E-state index in [-0.39, 0.29) is 17.8 Å². The molecule has 1 aliphatic heterocycles. The molecule has 2 unspecified atom stereocenters. The third-order valence-electron chi connectivity index (χ3n) is 6.92. The summed E-state index contributed by atoms with van der Waals surface area (Å²) in [6.45, 7) is 1.29. The van der Waals surface area contributed by atoms with Gasteiger partial charge in [0.25, 0.3) is 0 Å². The first-order chi connectivity index (χ1) is 15.2. The van der Waals surface area contributed by atoms with Gasteiger partial charge in [-0.2, -0.15) is 0 Å². The Morgan fingerprint density at radius 3 is 2.58 bits per heavy atom. The molecular weight excluding hydrogens is 390 g/mol. The van der Waals surface area contributed by atoms with E-state index < -0.39 is 0 Å². The Balaban J connectivity index is 1.51. The van der Waals surface area contributed by atoms with Crippen LogP contribution in [0.3, 0.4) is 0 Å². The van der Waals surface area contributed by atoms with Crippen LogP contribution < -0.4 is 10.1 Å². The number of benzene rings is 2. The highest BCUT2D eigenvalue weighted by Crippen LogP contribution is 2.43.